The normalized spacial score (nSPS) is 16.5. The van der Waals surface area contributed by atoms with Crippen molar-refractivity contribution < 1.29 is 13.7 Å². The monoisotopic (exact) mass is 418 g/mol. The molecule has 158 valence electrons. The topological polar surface area (TPSA) is 110 Å². The number of fused-ring (bicyclic) bond motifs is 1. The van der Waals surface area contributed by atoms with E-state index in [1.807, 2.05) is 35.2 Å². The van der Waals surface area contributed by atoms with Gasteiger partial charge in [0.2, 0.25) is 5.65 Å². The number of carbonyl (C=O) groups excluding carboxylic acids is 1. The lowest BCUT2D eigenvalue weighted by Gasteiger charge is -2.36. The predicted octanol–water partition coefficient (Wildman–Crippen LogP) is 3.69. The molecule has 1 fully saturated rings. The van der Waals surface area contributed by atoms with E-state index in [-0.39, 0.29) is 11.9 Å². The molecule has 31 heavy (non-hydrogen) atoms. The van der Waals surface area contributed by atoms with E-state index in [1.54, 1.807) is 19.2 Å². The highest BCUT2D eigenvalue weighted by atomic mass is 16.5. The number of aromatic nitrogens is 4. The number of likely N-dealkylation sites (tertiary alicyclic amines) is 1. The molecule has 9 nitrogen and oxygen atoms in total. The molecule has 1 aromatic carbocycles. The Bertz CT molecular complexity index is 1180. The van der Waals surface area contributed by atoms with E-state index in [0.29, 0.717) is 53.2 Å². The van der Waals surface area contributed by atoms with Crippen LogP contribution in [0.25, 0.3) is 22.7 Å². The van der Waals surface area contributed by atoms with Gasteiger partial charge in [-0.05, 0) is 50.5 Å². The van der Waals surface area contributed by atoms with Gasteiger partial charge in [0.1, 0.15) is 0 Å². The van der Waals surface area contributed by atoms with Crippen molar-refractivity contribution in [1.29, 1.82) is 0 Å². The van der Waals surface area contributed by atoms with Crippen LogP contribution in [0.1, 0.15) is 35.4 Å². The standard InChI is InChI=1S/C22H22N6O3/c1-14-25-20(31-27-14)16-8-2-3-9-17(16)21(29)28-12-5-4-7-15(28)13-24-22-26-19-18(30-22)10-6-11-23-19/h2-3,6,8-11,15H,4-5,7,12-13H2,1H3,(H,23,24,26). The summed E-state index contributed by atoms with van der Waals surface area (Å²) in [6.07, 6.45) is 4.62. The zero-order valence-corrected chi connectivity index (χ0v) is 17.1. The maximum Gasteiger partial charge on any atom is 0.297 e. The number of hydrogen-bond acceptors (Lipinski definition) is 8. The van der Waals surface area contributed by atoms with Gasteiger partial charge in [0, 0.05) is 25.3 Å². The summed E-state index contributed by atoms with van der Waals surface area (Å²) in [5.74, 6) is 0.842. The SMILES string of the molecule is Cc1noc(-c2ccccc2C(=O)N2CCCCC2CNc2nc3ncccc3o2)n1. The summed E-state index contributed by atoms with van der Waals surface area (Å²) in [5, 5.41) is 7.10. The molecule has 0 bridgehead atoms. The molecule has 4 aromatic rings. The first-order valence-electron chi connectivity index (χ1n) is 10.3. The molecule has 1 saturated heterocycles. The predicted molar refractivity (Wildman–Crippen MR) is 113 cm³/mol. The zero-order valence-electron chi connectivity index (χ0n) is 17.1. The van der Waals surface area contributed by atoms with Crippen molar-refractivity contribution in [2.45, 2.75) is 32.2 Å². The Morgan fingerprint density at radius 2 is 2.10 bits per heavy atom. The van der Waals surface area contributed by atoms with Crippen LogP contribution in [-0.4, -0.2) is 50.0 Å². The fourth-order valence-electron chi connectivity index (χ4n) is 3.95. The van der Waals surface area contributed by atoms with Gasteiger partial charge in [0.05, 0.1) is 11.1 Å². The number of pyridine rings is 1. The molecular formula is C22H22N6O3. The number of benzene rings is 1. The van der Waals surface area contributed by atoms with Crippen molar-refractivity contribution in [1.82, 2.24) is 25.0 Å². The van der Waals surface area contributed by atoms with Crippen molar-refractivity contribution in [3.05, 3.63) is 54.0 Å². The maximum absolute atomic E-state index is 13.5. The molecule has 3 aromatic heterocycles. The number of nitrogens with one attached hydrogen (secondary N) is 1. The lowest BCUT2D eigenvalue weighted by Crippen LogP contribution is -2.47. The van der Waals surface area contributed by atoms with Gasteiger partial charge in [0.25, 0.3) is 17.8 Å². The van der Waals surface area contributed by atoms with Crippen LogP contribution in [0.5, 0.6) is 0 Å². The highest BCUT2D eigenvalue weighted by Crippen LogP contribution is 2.27. The number of hydrogen-bond donors (Lipinski definition) is 1. The minimum absolute atomic E-state index is 0.0155. The second-order valence-electron chi connectivity index (χ2n) is 7.57. The minimum atomic E-state index is -0.0443. The summed E-state index contributed by atoms with van der Waals surface area (Å²) in [6.45, 7) is 2.99. The van der Waals surface area contributed by atoms with Crippen molar-refractivity contribution in [2.24, 2.45) is 0 Å². The van der Waals surface area contributed by atoms with Gasteiger partial charge in [0.15, 0.2) is 11.4 Å². The number of amides is 1. The van der Waals surface area contributed by atoms with Crippen molar-refractivity contribution >= 4 is 23.2 Å². The van der Waals surface area contributed by atoms with Crippen molar-refractivity contribution in [3.8, 4) is 11.5 Å². The Balaban J connectivity index is 1.36. The molecule has 0 radical (unpaired) electrons. The number of anilines is 1. The molecule has 1 aliphatic rings. The highest BCUT2D eigenvalue weighted by Gasteiger charge is 2.30. The van der Waals surface area contributed by atoms with Gasteiger partial charge < -0.3 is 19.2 Å². The van der Waals surface area contributed by atoms with Crippen LogP contribution < -0.4 is 5.32 Å². The lowest BCUT2D eigenvalue weighted by atomic mass is 9.99. The quantitative estimate of drug-likeness (QED) is 0.522. The van der Waals surface area contributed by atoms with Crippen LogP contribution in [0.2, 0.25) is 0 Å². The Morgan fingerprint density at radius 3 is 2.94 bits per heavy atom. The second kappa shape index (κ2) is 8.17. The Hall–Kier alpha value is -3.75. The van der Waals surface area contributed by atoms with E-state index < -0.39 is 0 Å². The van der Waals surface area contributed by atoms with E-state index in [9.17, 15) is 4.79 Å². The molecule has 5 rings (SSSR count). The average molecular weight is 418 g/mol. The third-order valence-electron chi connectivity index (χ3n) is 5.46. The van der Waals surface area contributed by atoms with E-state index >= 15 is 0 Å². The molecule has 4 heterocycles. The van der Waals surface area contributed by atoms with E-state index in [2.05, 4.69) is 25.4 Å². The zero-order chi connectivity index (χ0) is 21.2. The van der Waals surface area contributed by atoms with Gasteiger partial charge >= 0.3 is 0 Å². The van der Waals surface area contributed by atoms with Gasteiger partial charge in [-0.2, -0.15) is 9.97 Å². The summed E-state index contributed by atoms with van der Waals surface area (Å²) in [5.41, 5.74) is 2.40. The summed E-state index contributed by atoms with van der Waals surface area (Å²) in [4.78, 5) is 28.3. The van der Waals surface area contributed by atoms with Crippen LogP contribution in [0.4, 0.5) is 6.01 Å². The molecular weight excluding hydrogens is 396 g/mol. The van der Waals surface area contributed by atoms with Crippen molar-refractivity contribution in [3.63, 3.8) is 0 Å². The van der Waals surface area contributed by atoms with E-state index in [1.165, 1.54) is 0 Å². The van der Waals surface area contributed by atoms with Crippen LogP contribution >= 0.6 is 0 Å². The average Bonchev–Trinajstić information content (AvgIpc) is 3.43. The number of piperidine rings is 1. The largest absolute Gasteiger partial charge is 0.422 e. The third kappa shape index (κ3) is 3.86. The highest BCUT2D eigenvalue weighted by molar-refractivity contribution is 6.00. The molecule has 1 amide bonds. The summed E-state index contributed by atoms with van der Waals surface area (Å²) < 4.78 is 11.0. The van der Waals surface area contributed by atoms with E-state index in [4.69, 9.17) is 8.94 Å². The van der Waals surface area contributed by atoms with Crippen molar-refractivity contribution in [2.75, 3.05) is 18.4 Å². The van der Waals surface area contributed by atoms with Crippen LogP contribution in [-0.2, 0) is 0 Å². The van der Waals surface area contributed by atoms with Crippen LogP contribution in [0.15, 0.2) is 51.5 Å². The number of carbonyl (C=O) groups is 1. The first-order valence-corrected chi connectivity index (χ1v) is 10.3. The summed E-state index contributed by atoms with van der Waals surface area (Å²) in [7, 11) is 0. The summed E-state index contributed by atoms with van der Waals surface area (Å²) >= 11 is 0. The van der Waals surface area contributed by atoms with Crippen LogP contribution in [0, 0.1) is 6.92 Å². The Labute approximate surface area is 178 Å². The second-order valence-corrected chi connectivity index (χ2v) is 7.57. The number of rotatable bonds is 5. The van der Waals surface area contributed by atoms with Crippen LogP contribution in [0.3, 0.4) is 0 Å². The fourth-order valence-corrected chi connectivity index (χ4v) is 3.95. The third-order valence-corrected chi connectivity index (χ3v) is 5.46. The first kappa shape index (κ1) is 19.2. The maximum atomic E-state index is 13.5. The molecule has 0 saturated carbocycles. The van der Waals surface area contributed by atoms with Gasteiger partial charge in [-0.25, -0.2) is 4.98 Å². The smallest absolute Gasteiger partial charge is 0.297 e. The Kier molecular flexibility index (Phi) is 5.07. The van der Waals surface area contributed by atoms with E-state index in [0.717, 1.165) is 19.3 Å². The molecule has 1 atom stereocenters. The fraction of sp³-hybridized carbons (Fsp3) is 0.318. The number of aryl methyl sites for hydroxylation is 1. The van der Waals surface area contributed by atoms with Gasteiger partial charge in [-0.1, -0.05) is 17.3 Å². The van der Waals surface area contributed by atoms with Gasteiger partial charge in [-0.15, -0.1) is 0 Å². The lowest BCUT2D eigenvalue weighted by molar-refractivity contribution is 0.0628. The molecule has 1 unspecified atom stereocenters. The summed E-state index contributed by atoms with van der Waals surface area (Å²) in [6, 6.07) is 11.4. The molecule has 1 aliphatic heterocycles. The molecule has 0 spiro atoms. The minimum Gasteiger partial charge on any atom is -0.422 e. The Morgan fingerprint density at radius 1 is 1.19 bits per heavy atom. The molecule has 9 heteroatoms. The number of nitrogens with zero attached hydrogens (tertiary/aromatic N) is 5. The molecule has 1 N–H and O–H groups in total. The number of oxazole rings is 1. The first-order chi connectivity index (χ1) is 15.2. The molecule has 0 aliphatic carbocycles. The van der Waals surface area contributed by atoms with Gasteiger partial charge in [-0.3, -0.25) is 4.79 Å².